The lowest BCUT2D eigenvalue weighted by Crippen LogP contribution is -2.42. The van der Waals surface area contributed by atoms with Gasteiger partial charge in [-0.25, -0.2) is 0 Å². The lowest BCUT2D eigenvalue weighted by Gasteiger charge is -2.28. The molecule has 2 atom stereocenters. The van der Waals surface area contributed by atoms with Crippen LogP contribution in [0.3, 0.4) is 0 Å². The quantitative estimate of drug-likeness (QED) is 0.857. The summed E-state index contributed by atoms with van der Waals surface area (Å²) in [5.74, 6) is 0.550. The first kappa shape index (κ1) is 15.1. The highest BCUT2D eigenvalue weighted by Crippen LogP contribution is 2.23. The fourth-order valence-electron chi connectivity index (χ4n) is 3.25. The number of likely N-dealkylation sites (tertiary alicyclic amines) is 1. The summed E-state index contributed by atoms with van der Waals surface area (Å²) < 4.78 is 11.6. The van der Waals surface area contributed by atoms with Gasteiger partial charge >= 0.3 is 0 Å². The maximum atomic E-state index is 12.7. The molecule has 2 aliphatic heterocycles. The summed E-state index contributed by atoms with van der Waals surface area (Å²) in [5, 5.41) is 7.73. The van der Waals surface area contributed by atoms with Crippen molar-refractivity contribution in [2.75, 3.05) is 13.1 Å². The number of fused-ring (bicyclic) bond motifs is 1. The summed E-state index contributed by atoms with van der Waals surface area (Å²) in [6.07, 6.45) is 2.61. The first-order chi connectivity index (χ1) is 11.8. The van der Waals surface area contributed by atoms with Gasteiger partial charge in [-0.15, -0.1) is 5.10 Å². The van der Waals surface area contributed by atoms with Crippen LogP contribution in [0, 0.1) is 0 Å². The maximum Gasteiger partial charge on any atom is 0.252 e. The molecule has 1 amide bonds. The second-order valence-corrected chi connectivity index (χ2v) is 6.15. The third-order valence-corrected chi connectivity index (χ3v) is 4.53. The van der Waals surface area contributed by atoms with Crippen LogP contribution in [0.2, 0.25) is 0 Å². The normalized spacial score (nSPS) is 22.9. The van der Waals surface area contributed by atoms with Gasteiger partial charge < -0.3 is 14.4 Å². The summed E-state index contributed by atoms with van der Waals surface area (Å²) in [5.41, 5.74) is 2.38. The molecule has 6 nitrogen and oxygen atoms in total. The van der Waals surface area contributed by atoms with Gasteiger partial charge in [0.05, 0.1) is 13.2 Å². The molecule has 24 heavy (non-hydrogen) atoms. The van der Waals surface area contributed by atoms with E-state index in [4.69, 9.17) is 9.47 Å². The van der Waals surface area contributed by atoms with Crippen LogP contribution in [0.15, 0.2) is 42.6 Å². The molecule has 2 aromatic rings. The first-order valence-corrected chi connectivity index (χ1v) is 8.21. The zero-order chi connectivity index (χ0) is 16.4. The maximum absolute atomic E-state index is 12.7. The predicted molar refractivity (Wildman–Crippen MR) is 86.4 cm³/mol. The zero-order valence-corrected chi connectivity index (χ0v) is 13.3. The minimum absolute atomic E-state index is 0.0403. The Labute approximate surface area is 140 Å². The second-order valence-electron chi connectivity index (χ2n) is 6.15. The Bertz CT molecular complexity index is 722. The first-order valence-electron chi connectivity index (χ1n) is 8.21. The number of nitrogens with zero attached hydrogens (tertiary/aromatic N) is 3. The Morgan fingerprint density at radius 2 is 2.08 bits per heavy atom. The Morgan fingerprint density at radius 3 is 2.92 bits per heavy atom. The Balaban J connectivity index is 1.36. The molecule has 2 aliphatic rings. The molecule has 0 saturated carbocycles. The third kappa shape index (κ3) is 3.10. The van der Waals surface area contributed by atoms with E-state index in [-0.39, 0.29) is 12.0 Å². The number of hydrogen-bond donors (Lipinski definition) is 0. The molecule has 1 aromatic heterocycles. The van der Waals surface area contributed by atoms with Crippen LogP contribution in [0.25, 0.3) is 0 Å². The van der Waals surface area contributed by atoms with E-state index in [1.165, 1.54) is 11.1 Å². The van der Waals surface area contributed by atoms with Crippen LogP contribution in [0.5, 0.6) is 5.88 Å². The molecule has 1 fully saturated rings. The average molecular weight is 325 g/mol. The number of aromatic nitrogens is 2. The van der Waals surface area contributed by atoms with Gasteiger partial charge in [-0.3, -0.25) is 4.79 Å². The molecule has 0 N–H and O–H groups in total. The van der Waals surface area contributed by atoms with Gasteiger partial charge in [-0.1, -0.05) is 24.3 Å². The van der Waals surface area contributed by atoms with E-state index in [0.29, 0.717) is 32.0 Å². The van der Waals surface area contributed by atoms with E-state index >= 15 is 0 Å². The minimum atomic E-state index is -0.393. The van der Waals surface area contributed by atoms with Crippen molar-refractivity contribution in [1.29, 1.82) is 0 Å². The van der Waals surface area contributed by atoms with Crippen molar-refractivity contribution in [2.24, 2.45) is 0 Å². The predicted octanol–water partition coefficient (Wildman–Crippen LogP) is 1.60. The molecule has 0 radical (unpaired) electrons. The molecule has 1 saturated heterocycles. The fraction of sp³-hybridized carbons (Fsp3) is 0.389. The lowest BCUT2D eigenvalue weighted by atomic mass is 9.98. The molecule has 0 spiro atoms. The Kier molecular flexibility index (Phi) is 4.13. The Morgan fingerprint density at radius 1 is 1.21 bits per heavy atom. The Hall–Kier alpha value is -2.47. The van der Waals surface area contributed by atoms with Gasteiger partial charge in [0.25, 0.3) is 5.91 Å². The van der Waals surface area contributed by atoms with Crippen molar-refractivity contribution in [2.45, 2.75) is 31.7 Å². The molecule has 4 rings (SSSR count). The SMILES string of the molecule is O=C([C@H]1Cc2ccccc2CO1)N1CC[C@H](Oc2cccnn2)C1. The number of carbonyl (C=O) groups is 1. The number of carbonyl (C=O) groups excluding carboxylic acids is 1. The van der Waals surface area contributed by atoms with Crippen LogP contribution >= 0.6 is 0 Å². The molecule has 0 unspecified atom stereocenters. The minimum Gasteiger partial charge on any atom is -0.471 e. The van der Waals surface area contributed by atoms with E-state index in [2.05, 4.69) is 22.3 Å². The highest BCUT2D eigenvalue weighted by Gasteiger charge is 2.34. The molecule has 1 aromatic carbocycles. The summed E-state index contributed by atoms with van der Waals surface area (Å²) in [6.45, 7) is 1.75. The van der Waals surface area contributed by atoms with Crippen molar-refractivity contribution in [3.63, 3.8) is 0 Å². The fourth-order valence-corrected chi connectivity index (χ4v) is 3.25. The molecule has 6 heteroatoms. The number of rotatable bonds is 3. The number of ether oxygens (including phenoxy) is 2. The van der Waals surface area contributed by atoms with E-state index < -0.39 is 6.10 Å². The van der Waals surface area contributed by atoms with Gasteiger partial charge in [0.2, 0.25) is 5.88 Å². The van der Waals surface area contributed by atoms with E-state index in [1.807, 2.05) is 17.0 Å². The number of benzene rings is 1. The van der Waals surface area contributed by atoms with Gasteiger partial charge in [0.1, 0.15) is 12.2 Å². The third-order valence-electron chi connectivity index (χ3n) is 4.53. The van der Waals surface area contributed by atoms with E-state index in [1.54, 1.807) is 18.3 Å². The lowest BCUT2D eigenvalue weighted by molar-refractivity contribution is -0.144. The van der Waals surface area contributed by atoms with Gasteiger partial charge in [0, 0.05) is 31.6 Å². The smallest absolute Gasteiger partial charge is 0.252 e. The van der Waals surface area contributed by atoms with Crippen LogP contribution < -0.4 is 4.74 Å². The monoisotopic (exact) mass is 325 g/mol. The van der Waals surface area contributed by atoms with Crippen molar-refractivity contribution in [3.8, 4) is 5.88 Å². The standard InChI is InChI=1S/C18H19N3O3/c22-18(16-10-13-4-1-2-5-14(13)12-23-16)21-9-7-15(11-21)24-17-6-3-8-19-20-17/h1-6,8,15-16H,7,9-12H2/t15-,16+/m0/s1. The topological polar surface area (TPSA) is 64.5 Å². The average Bonchev–Trinajstić information content (AvgIpc) is 3.10. The zero-order valence-electron chi connectivity index (χ0n) is 13.3. The van der Waals surface area contributed by atoms with Crippen LogP contribution in [-0.4, -0.2) is 46.3 Å². The van der Waals surface area contributed by atoms with Crippen LogP contribution in [0.4, 0.5) is 0 Å². The summed E-state index contributed by atoms with van der Waals surface area (Å²) in [6, 6.07) is 11.7. The molecule has 0 bridgehead atoms. The van der Waals surface area contributed by atoms with Crippen molar-refractivity contribution >= 4 is 5.91 Å². The highest BCUT2D eigenvalue weighted by atomic mass is 16.5. The second kappa shape index (κ2) is 6.57. The van der Waals surface area contributed by atoms with E-state index in [9.17, 15) is 4.79 Å². The largest absolute Gasteiger partial charge is 0.471 e. The molecule has 0 aliphatic carbocycles. The van der Waals surface area contributed by atoms with Gasteiger partial charge in [-0.05, 0) is 17.2 Å². The number of amides is 1. The molecule has 124 valence electrons. The summed E-state index contributed by atoms with van der Waals surface area (Å²) in [4.78, 5) is 14.6. The van der Waals surface area contributed by atoms with Crippen LogP contribution in [-0.2, 0) is 22.6 Å². The van der Waals surface area contributed by atoms with Crippen LogP contribution in [0.1, 0.15) is 17.5 Å². The van der Waals surface area contributed by atoms with Crippen molar-refractivity contribution in [3.05, 3.63) is 53.7 Å². The summed E-state index contributed by atoms with van der Waals surface area (Å²) in [7, 11) is 0. The van der Waals surface area contributed by atoms with Crippen molar-refractivity contribution in [1.82, 2.24) is 15.1 Å². The molecular weight excluding hydrogens is 306 g/mol. The molecule has 3 heterocycles. The van der Waals surface area contributed by atoms with Crippen molar-refractivity contribution < 1.29 is 14.3 Å². The highest BCUT2D eigenvalue weighted by molar-refractivity contribution is 5.82. The van der Waals surface area contributed by atoms with Gasteiger partial charge in [-0.2, -0.15) is 5.10 Å². The van der Waals surface area contributed by atoms with E-state index in [0.717, 1.165) is 6.42 Å². The summed E-state index contributed by atoms with van der Waals surface area (Å²) >= 11 is 0. The molecular formula is C18H19N3O3. The number of hydrogen-bond acceptors (Lipinski definition) is 5. The van der Waals surface area contributed by atoms with Gasteiger partial charge in [0.15, 0.2) is 0 Å².